The Hall–Kier alpha value is -1.35. The van der Waals surface area contributed by atoms with Gasteiger partial charge in [0.2, 0.25) is 0 Å². The largest absolute Gasteiger partial charge is 0.492 e. The third-order valence-corrected chi connectivity index (χ3v) is 4.95. The lowest BCUT2D eigenvalue weighted by molar-refractivity contribution is -0.384. The minimum Gasteiger partial charge on any atom is -0.492 e. The number of rotatable bonds is 9. The average Bonchev–Trinajstić information content (AvgIpc) is 2.59. The molecule has 0 aromatic heterocycles. The smallest absolute Gasteiger partial charge is 0.271 e. The predicted molar refractivity (Wildman–Crippen MR) is 111 cm³/mol. The number of halogens is 3. The quantitative estimate of drug-likeness (QED) is 0.271. The van der Waals surface area contributed by atoms with Crippen molar-refractivity contribution < 1.29 is 9.66 Å². The third kappa shape index (κ3) is 5.84. The highest BCUT2D eigenvalue weighted by molar-refractivity contribution is 9.11. The SMILES string of the molecule is CCOc1c(Br)cc(CNCCNc2ccc([N+](=O)[O-])cc2Cl)cc1Br. The van der Waals surface area contributed by atoms with Crippen LogP contribution in [-0.2, 0) is 6.54 Å². The van der Waals surface area contributed by atoms with Crippen LogP contribution in [0.5, 0.6) is 5.75 Å². The zero-order chi connectivity index (χ0) is 19.1. The molecule has 2 aromatic rings. The number of nitrogens with one attached hydrogen (secondary N) is 2. The van der Waals surface area contributed by atoms with E-state index in [1.165, 1.54) is 12.1 Å². The van der Waals surface area contributed by atoms with Crippen molar-refractivity contribution in [2.75, 3.05) is 25.0 Å². The summed E-state index contributed by atoms with van der Waals surface area (Å²) in [5, 5.41) is 17.5. The van der Waals surface area contributed by atoms with Crippen molar-refractivity contribution in [2.45, 2.75) is 13.5 Å². The molecule has 2 aromatic carbocycles. The van der Waals surface area contributed by atoms with Gasteiger partial charge in [0, 0.05) is 31.8 Å². The van der Waals surface area contributed by atoms with Gasteiger partial charge in [-0.1, -0.05) is 11.6 Å². The molecule has 0 spiro atoms. The summed E-state index contributed by atoms with van der Waals surface area (Å²) in [5.41, 5.74) is 1.76. The molecule has 2 rings (SSSR count). The van der Waals surface area contributed by atoms with E-state index in [4.69, 9.17) is 16.3 Å². The van der Waals surface area contributed by atoms with E-state index in [-0.39, 0.29) is 5.69 Å². The number of nitro groups is 1. The van der Waals surface area contributed by atoms with Crippen molar-refractivity contribution in [1.29, 1.82) is 0 Å². The van der Waals surface area contributed by atoms with Crippen molar-refractivity contribution in [3.8, 4) is 5.75 Å². The van der Waals surface area contributed by atoms with Crippen molar-refractivity contribution >= 4 is 54.8 Å². The highest BCUT2D eigenvalue weighted by Crippen LogP contribution is 2.34. The lowest BCUT2D eigenvalue weighted by Crippen LogP contribution is -2.22. The van der Waals surface area contributed by atoms with Crippen molar-refractivity contribution in [3.63, 3.8) is 0 Å². The van der Waals surface area contributed by atoms with E-state index < -0.39 is 4.92 Å². The van der Waals surface area contributed by atoms with Crippen LogP contribution in [0.4, 0.5) is 11.4 Å². The monoisotopic (exact) mass is 505 g/mol. The second-order valence-corrected chi connectivity index (χ2v) is 7.46. The van der Waals surface area contributed by atoms with Crippen LogP contribution in [0, 0.1) is 10.1 Å². The number of non-ortho nitro benzene ring substituents is 1. The van der Waals surface area contributed by atoms with E-state index in [1.54, 1.807) is 6.07 Å². The first-order valence-corrected chi connectivity index (χ1v) is 9.88. The maximum absolute atomic E-state index is 10.7. The molecule has 0 atom stereocenters. The normalized spacial score (nSPS) is 10.6. The van der Waals surface area contributed by atoms with Gasteiger partial charge in [0.05, 0.1) is 31.2 Å². The van der Waals surface area contributed by atoms with Crippen LogP contribution in [0.2, 0.25) is 5.02 Å². The summed E-state index contributed by atoms with van der Waals surface area (Å²) < 4.78 is 7.38. The van der Waals surface area contributed by atoms with Crippen LogP contribution in [0.3, 0.4) is 0 Å². The zero-order valence-corrected chi connectivity index (χ0v) is 17.9. The van der Waals surface area contributed by atoms with Crippen molar-refractivity contribution in [1.82, 2.24) is 5.32 Å². The van der Waals surface area contributed by atoms with Crippen LogP contribution in [0.15, 0.2) is 39.3 Å². The van der Waals surface area contributed by atoms with Gasteiger partial charge >= 0.3 is 0 Å². The summed E-state index contributed by atoms with van der Waals surface area (Å²) in [5.74, 6) is 0.797. The third-order valence-electron chi connectivity index (χ3n) is 3.46. The molecular formula is C17H18Br2ClN3O3. The standard InChI is InChI=1S/C17H18Br2ClN3O3/c1-2-26-17-13(18)7-11(8-14(17)19)10-21-5-6-22-16-4-3-12(23(24)25)9-15(16)20/h3-4,7-9,21-22H,2,5-6,10H2,1H3. The fourth-order valence-electron chi connectivity index (χ4n) is 2.28. The van der Waals surface area contributed by atoms with E-state index in [0.29, 0.717) is 37.0 Å². The number of nitrogens with zero attached hydrogens (tertiary/aromatic N) is 1. The average molecular weight is 508 g/mol. The van der Waals surface area contributed by atoms with Crippen LogP contribution < -0.4 is 15.4 Å². The molecule has 2 N–H and O–H groups in total. The van der Waals surface area contributed by atoms with E-state index in [9.17, 15) is 10.1 Å². The minimum absolute atomic E-state index is 0.0228. The molecule has 0 unspecified atom stereocenters. The second kappa shape index (κ2) is 10.1. The highest BCUT2D eigenvalue weighted by atomic mass is 79.9. The highest BCUT2D eigenvalue weighted by Gasteiger charge is 2.10. The first-order chi connectivity index (χ1) is 12.4. The Labute approximate surface area is 173 Å². The van der Waals surface area contributed by atoms with Gasteiger partial charge in [-0.15, -0.1) is 0 Å². The van der Waals surface area contributed by atoms with Gasteiger partial charge in [-0.25, -0.2) is 0 Å². The fraction of sp³-hybridized carbons (Fsp3) is 0.294. The Morgan fingerprint density at radius 1 is 1.19 bits per heavy atom. The number of ether oxygens (including phenoxy) is 1. The van der Waals surface area contributed by atoms with Gasteiger partial charge in [0.15, 0.2) is 0 Å². The summed E-state index contributed by atoms with van der Waals surface area (Å²) in [6.45, 7) is 4.58. The number of hydrogen-bond acceptors (Lipinski definition) is 5. The molecule has 0 aliphatic heterocycles. The number of hydrogen-bond donors (Lipinski definition) is 2. The second-order valence-electron chi connectivity index (χ2n) is 5.35. The lowest BCUT2D eigenvalue weighted by atomic mass is 10.2. The van der Waals surface area contributed by atoms with E-state index in [2.05, 4.69) is 42.5 Å². The molecule has 0 saturated carbocycles. The number of anilines is 1. The van der Waals surface area contributed by atoms with Gasteiger partial charge in [-0.05, 0) is 62.5 Å². The summed E-state index contributed by atoms with van der Waals surface area (Å²) >= 11 is 13.1. The molecule has 0 fully saturated rings. The van der Waals surface area contributed by atoms with Gasteiger partial charge in [0.1, 0.15) is 5.75 Å². The zero-order valence-electron chi connectivity index (χ0n) is 14.0. The number of nitro benzene ring substituents is 1. The Morgan fingerprint density at radius 3 is 2.46 bits per heavy atom. The maximum atomic E-state index is 10.7. The topological polar surface area (TPSA) is 76.4 Å². The van der Waals surface area contributed by atoms with Crippen LogP contribution in [0.25, 0.3) is 0 Å². The van der Waals surface area contributed by atoms with Gasteiger partial charge < -0.3 is 15.4 Å². The molecule has 140 valence electrons. The first kappa shape index (κ1) is 21.0. The molecule has 0 radical (unpaired) electrons. The summed E-state index contributed by atoms with van der Waals surface area (Å²) in [6, 6.07) is 8.41. The van der Waals surface area contributed by atoms with Crippen molar-refractivity contribution in [3.05, 3.63) is 60.0 Å². The van der Waals surface area contributed by atoms with E-state index in [0.717, 1.165) is 20.3 Å². The minimum atomic E-state index is -0.468. The molecule has 0 heterocycles. The molecule has 0 amide bonds. The summed E-state index contributed by atoms with van der Waals surface area (Å²) in [4.78, 5) is 10.2. The molecule has 0 bridgehead atoms. The van der Waals surface area contributed by atoms with Gasteiger partial charge in [-0.2, -0.15) is 0 Å². The fourth-order valence-corrected chi connectivity index (χ4v) is 4.03. The number of benzene rings is 2. The van der Waals surface area contributed by atoms with Crippen LogP contribution in [0.1, 0.15) is 12.5 Å². The lowest BCUT2D eigenvalue weighted by Gasteiger charge is -2.12. The Balaban J connectivity index is 1.81. The first-order valence-electron chi connectivity index (χ1n) is 7.91. The summed E-state index contributed by atoms with van der Waals surface area (Å²) in [7, 11) is 0. The molecule has 0 saturated heterocycles. The Bertz CT molecular complexity index is 767. The maximum Gasteiger partial charge on any atom is 0.271 e. The summed E-state index contributed by atoms with van der Waals surface area (Å²) in [6.07, 6.45) is 0. The predicted octanol–water partition coefficient (Wildman–Crippen LogP) is 5.37. The Kier molecular flexibility index (Phi) is 8.15. The van der Waals surface area contributed by atoms with E-state index in [1.807, 2.05) is 19.1 Å². The van der Waals surface area contributed by atoms with Crippen LogP contribution >= 0.6 is 43.5 Å². The van der Waals surface area contributed by atoms with Crippen molar-refractivity contribution in [2.24, 2.45) is 0 Å². The Morgan fingerprint density at radius 2 is 1.88 bits per heavy atom. The van der Waals surface area contributed by atoms with E-state index >= 15 is 0 Å². The van der Waals surface area contributed by atoms with Gasteiger partial charge in [0.25, 0.3) is 5.69 Å². The van der Waals surface area contributed by atoms with Gasteiger partial charge in [-0.3, -0.25) is 10.1 Å². The molecular weight excluding hydrogens is 489 g/mol. The molecule has 6 nitrogen and oxygen atoms in total. The molecule has 0 aliphatic carbocycles. The molecule has 26 heavy (non-hydrogen) atoms. The van der Waals surface area contributed by atoms with Crippen LogP contribution in [-0.4, -0.2) is 24.6 Å². The molecule has 9 heteroatoms. The molecule has 0 aliphatic rings.